The quantitative estimate of drug-likeness (QED) is 0.916. The molecule has 1 N–H and O–H groups in total. The second kappa shape index (κ2) is 4.81. The van der Waals surface area contributed by atoms with E-state index in [4.69, 9.17) is 0 Å². The van der Waals surface area contributed by atoms with Crippen LogP contribution >= 0.6 is 0 Å². The van der Waals surface area contributed by atoms with E-state index in [1.54, 1.807) is 6.20 Å². The van der Waals surface area contributed by atoms with E-state index in [1.807, 2.05) is 0 Å². The van der Waals surface area contributed by atoms with Crippen molar-refractivity contribution in [1.29, 1.82) is 0 Å². The van der Waals surface area contributed by atoms with E-state index in [9.17, 15) is 18.3 Å². The lowest BCUT2D eigenvalue weighted by Gasteiger charge is -2.17. The molecule has 0 fully saturated rings. The van der Waals surface area contributed by atoms with Crippen molar-refractivity contribution < 1.29 is 18.3 Å². The summed E-state index contributed by atoms with van der Waals surface area (Å²) >= 11 is 0. The number of hydrogen-bond donors (Lipinski definition) is 1. The molecule has 1 unspecified atom stereocenters. The summed E-state index contributed by atoms with van der Waals surface area (Å²) in [5.41, 5.74) is -0.934. The SMILES string of the molecule is OC(Cn1ccnc1)c1ccccc1C(F)(F)F. The van der Waals surface area contributed by atoms with Crippen molar-refractivity contribution in [2.75, 3.05) is 0 Å². The van der Waals surface area contributed by atoms with Gasteiger partial charge in [-0.05, 0) is 11.6 Å². The predicted molar refractivity (Wildman–Crippen MR) is 58.6 cm³/mol. The molecule has 0 radical (unpaired) electrons. The molecule has 0 saturated carbocycles. The third-order valence-electron chi connectivity index (χ3n) is 2.57. The molecule has 0 bridgehead atoms. The van der Waals surface area contributed by atoms with Gasteiger partial charge in [0.2, 0.25) is 0 Å². The van der Waals surface area contributed by atoms with Gasteiger partial charge in [-0.3, -0.25) is 0 Å². The van der Waals surface area contributed by atoms with Crippen LogP contribution in [0.5, 0.6) is 0 Å². The first-order chi connectivity index (χ1) is 8.48. The number of imidazole rings is 1. The molecule has 0 spiro atoms. The van der Waals surface area contributed by atoms with E-state index in [1.165, 1.54) is 35.3 Å². The number of aromatic nitrogens is 2. The fraction of sp³-hybridized carbons (Fsp3) is 0.250. The monoisotopic (exact) mass is 256 g/mol. The van der Waals surface area contributed by atoms with Gasteiger partial charge in [0.1, 0.15) is 0 Å². The Labute approximate surface area is 102 Å². The molecule has 2 rings (SSSR count). The Balaban J connectivity index is 2.27. The van der Waals surface area contributed by atoms with Crippen molar-refractivity contribution in [3.05, 3.63) is 54.1 Å². The molecule has 6 heteroatoms. The highest BCUT2D eigenvalue weighted by Gasteiger charge is 2.34. The predicted octanol–water partition coefficient (Wildman–Crippen LogP) is 2.64. The Kier molecular flexibility index (Phi) is 3.38. The van der Waals surface area contributed by atoms with Crippen molar-refractivity contribution >= 4 is 0 Å². The molecule has 0 saturated heterocycles. The van der Waals surface area contributed by atoms with Crippen molar-refractivity contribution in [2.24, 2.45) is 0 Å². The van der Waals surface area contributed by atoms with Crippen LogP contribution in [0.4, 0.5) is 13.2 Å². The maximum Gasteiger partial charge on any atom is 0.416 e. The molecule has 0 amide bonds. The lowest BCUT2D eigenvalue weighted by molar-refractivity contribution is -0.139. The largest absolute Gasteiger partial charge is 0.416 e. The Morgan fingerprint density at radius 3 is 2.61 bits per heavy atom. The standard InChI is InChI=1S/C12H11F3N2O/c13-12(14,15)10-4-2-1-3-9(10)11(18)7-17-6-5-16-8-17/h1-6,8,11,18H,7H2. The molecule has 18 heavy (non-hydrogen) atoms. The van der Waals surface area contributed by atoms with Crippen LogP contribution in [-0.2, 0) is 12.7 Å². The molecule has 1 atom stereocenters. The minimum absolute atomic E-state index is 0.0348. The normalized spacial score (nSPS) is 13.6. The molecule has 0 aliphatic rings. The summed E-state index contributed by atoms with van der Waals surface area (Å²) in [5, 5.41) is 9.89. The van der Waals surface area contributed by atoms with Gasteiger partial charge in [0.15, 0.2) is 0 Å². The Morgan fingerprint density at radius 1 is 1.28 bits per heavy atom. The van der Waals surface area contributed by atoms with Gasteiger partial charge in [0.25, 0.3) is 0 Å². The summed E-state index contributed by atoms with van der Waals surface area (Å²) in [6, 6.07) is 5.02. The van der Waals surface area contributed by atoms with E-state index < -0.39 is 17.8 Å². The second-order valence-corrected chi connectivity index (χ2v) is 3.86. The number of halogens is 3. The van der Waals surface area contributed by atoms with Gasteiger partial charge in [-0.25, -0.2) is 4.98 Å². The highest BCUT2D eigenvalue weighted by molar-refractivity contribution is 5.31. The number of aliphatic hydroxyl groups is 1. The van der Waals surface area contributed by atoms with E-state index in [0.717, 1.165) is 6.07 Å². The lowest BCUT2D eigenvalue weighted by Crippen LogP contribution is -2.15. The Morgan fingerprint density at radius 2 is 2.00 bits per heavy atom. The van der Waals surface area contributed by atoms with Crippen LogP contribution in [0.2, 0.25) is 0 Å². The smallest absolute Gasteiger partial charge is 0.387 e. The number of hydrogen-bond acceptors (Lipinski definition) is 2. The fourth-order valence-electron chi connectivity index (χ4n) is 1.74. The summed E-state index contributed by atoms with van der Waals surface area (Å²) in [7, 11) is 0. The number of benzene rings is 1. The number of rotatable bonds is 3. The van der Waals surface area contributed by atoms with Crippen molar-refractivity contribution in [2.45, 2.75) is 18.8 Å². The summed E-state index contributed by atoms with van der Waals surface area (Å²) in [6.45, 7) is 0.0348. The van der Waals surface area contributed by atoms with Crippen LogP contribution in [-0.4, -0.2) is 14.7 Å². The molecule has 2 aromatic rings. The third-order valence-corrected chi connectivity index (χ3v) is 2.57. The maximum absolute atomic E-state index is 12.8. The van der Waals surface area contributed by atoms with Crippen LogP contribution < -0.4 is 0 Å². The molecular weight excluding hydrogens is 245 g/mol. The Hall–Kier alpha value is -1.82. The average Bonchev–Trinajstić information content (AvgIpc) is 2.80. The topological polar surface area (TPSA) is 38.0 Å². The molecule has 1 aromatic carbocycles. The zero-order valence-electron chi connectivity index (χ0n) is 9.30. The van der Waals surface area contributed by atoms with Crippen LogP contribution in [0.25, 0.3) is 0 Å². The zero-order valence-corrected chi connectivity index (χ0v) is 9.30. The first kappa shape index (κ1) is 12.6. The molecular formula is C12H11F3N2O. The van der Waals surface area contributed by atoms with Gasteiger partial charge in [-0.15, -0.1) is 0 Å². The van der Waals surface area contributed by atoms with Crippen LogP contribution in [0.3, 0.4) is 0 Å². The van der Waals surface area contributed by atoms with Crippen molar-refractivity contribution in [3.8, 4) is 0 Å². The summed E-state index contributed by atoms with van der Waals surface area (Å²) in [4.78, 5) is 3.77. The zero-order chi connectivity index (χ0) is 13.2. The highest BCUT2D eigenvalue weighted by Crippen LogP contribution is 2.34. The number of alkyl halides is 3. The maximum atomic E-state index is 12.8. The van der Waals surface area contributed by atoms with Gasteiger partial charge in [0.05, 0.1) is 24.5 Å². The Bertz CT molecular complexity index is 508. The third kappa shape index (κ3) is 2.70. The first-order valence-electron chi connectivity index (χ1n) is 5.28. The lowest BCUT2D eigenvalue weighted by atomic mass is 10.0. The van der Waals surface area contributed by atoms with Gasteiger partial charge < -0.3 is 9.67 Å². The summed E-state index contributed by atoms with van der Waals surface area (Å²) < 4.78 is 39.8. The van der Waals surface area contributed by atoms with Crippen LogP contribution in [0.15, 0.2) is 43.0 Å². The first-order valence-corrected chi connectivity index (χ1v) is 5.28. The molecule has 96 valence electrons. The summed E-state index contributed by atoms with van der Waals surface area (Å²) in [6.07, 6.45) is -1.16. The van der Waals surface area contributed by atoms with Gasteiger partial charge in [-0.1, -0.05) is 18.2 Å². The molecule has 3 nitrogen and oxygen atoms in total. The minimum atomic E-state index is -4.47. The molecule has 1 aromatic heterocycles. The number of aliphatic hydroxyl groups excluding tert-OH is 1. The van der Waals surface area contributed by atoms with Crippen LogP contribution in [0, 0.1) is 0 Å². The molecule has 0 aliphatic heterocycles. The van der Waals surface area contributed by atoms with Crippen molar-refractivity contribution in [3.63, 3.8) is 0 Å². The van der Waals surface area contributed by atoms with E-state index in [0.29, 0.717) is 0 Å². The molecule has 0 aliphatic carbocycles. The minimum Gasteiger partial charge on any atom is -0.387 e. The molecule has 1 heterocycles. The van der Waals surface area contributed by atoms with E-state index in [-0.39, 0.29) is 12.1 Å². The van der Waals surface area contributed by atoms with Gasteiger partial charge >= 0.3 is 6.18 Å². The average molecular weight is 256 g/mol. The summed E-state index contributed by atoms with van der Waals surface area (Å²) in [5.74, 6) is 0. The highest BCUT2D eigenvalue weighted by atomic mass is 19.4. The van der Waals surface area contributed by atoms with Gasteiger partial charge in [-0.2, -0.15) is 13.2 Å². The number of nitrogens with zero attached hydrogens (tertiary/aromatic N) is 2. The van der Waals surface area contributed by atoms with Crippen LogP contribution in [0.1, 0.15) is 17.2 Å². The van der Waals surface area contributed by atoms with Crippen molar-refractivity contribution in [1.82, 2.24) is 9.55 Å². The van der Waals surface area contributed by atoms with E-state index in [2.05, 4.69) is 4.98 Å². The second-order valence-electron chi connectivity index (χ2n) is 3.86. The van der Waals surface area contributed by atoms with E-state index >= 15 is 0 Å². The fourth-order valence-corrected chi connectivity index (χ4v) is 1.74. The van der Waals surface area contributed by atoms with Gasteiger partial charge in [0, 0.05) is 12.4 Å².